The molecule has 0 aromatic heterocycles. The van der Waals surface area contributed by atoms with Crippen LogP contribution in [0.15, 0.2) is 12.2 Å². The highest BCUT2D eigenvalue weighted by atomic mass is 16.4. The summed E-state index contributed by atoms with van der Waals surface area (Å²) >= 11 is 0. The summed E-state index contributed by atoms with van der Waals surface area (Å²) in [6, 6.07) is 0. The normalized spacial score (nSPS) is 17.9. The van der Waals surface area contributed by atoms with Crippen molar-refractivity contribution in [2.75, 3.05) is 13.1 Å². The molecular formula is C7H9NO4. The number of aliphatic carboxylic acids is 1. The molecule has 1 heterocycles. The van der Waals surface area contributed by atoms with Gasteiger partial charge in [0.25, 0.3) is 0 Å². The lowest BCUT2D eigenvalue weighted by Gasteiger charge is -2.34. The van der Waals surface area contributed by atoms with Crippen LogP contribution in [0.5, 0.6) is 0 Å². The van der Waals surface area contributed by atoms with E-state index in [2.05, 4.69) is 0 Å². The van der Waals surface area contributed by atoms with Crippen LogP contribution in [0.2, 0.25) is 0 Å². The van der Waals surface area contributed by atoms with Crippen molar-refractivity contribution in [3.8, 4) is 0 Å². The number of rotatable bonds is 2. The predicted molar refractivity (Wildman–Crippen MR) is 39.4 cm³/mol. The fraction of sp³-hybridized carbons (Fsp3) is 0.429. The molecule has 0 aliphatic carbocycles. The van der Waals surface area contributed by atoms with Crippen molar-refractivity contribution in [3.63, 3.8) is 0 Å². The molecule has 0 spiro atoms. The Labute approximate surface area is 68.9 Å². The van der Waals surface area contributed by atoms with Crippen LogP contribution in [-0.2, 0) is 9.59 Å². The van der Waals surface area contributed by atoms with Crippen LogP contribution in [0, 0.1) is 0 Å². The van der Waals surface area contributed by atoms with Crippen LogP contribution in [0.4, 0.5) is 0 Å². The zero-order valence-corrected chi connectivity index (χ0v) is 6.30. The van der Waals surface area contributed by atoms with Gasteiger partial charge >= 0.3 is 5.97 Å². The van der Waals surface area contributed by atoms with Crippen molar-refractivity contribution in [2.45, 2.75) is 6.10 Å². The molecule has 1 aliphatic rings. The smallest absolute Gasteiger partial charge is 0.328 e. The molecule has 1 aliphatic heterocycles. The van der Waals surface area contributed by atoms with E-state index >= 15 is 0 Å². The zero-order valence-electron chi connectivity index (χ0n) is 6.30. The molecular weight excluding hydrogens is 162 g/mol. The van der Waals surface area contributed by atoms with E-state index in [0.717, 1.165) is 12.2 Å². The number of aliphatic hydroxyl groups is 1. The average molecular weight is 171 g/mol. The van der Waals surface area contributed by atoms with Crippen LogP contribution >= 0.6 is 0 Å². The molecule has 0 aromatic carbocycles. The Morgan fingerprint density at radius 2 is 1.92 bits per heavy atom. The third-order valence-electron chi connectivity index (χ3n) is 1.54. The van der Waals surface area contributed by atoms with Crippen molar-refractivity contribution in [2.24, 2.45) is 0 Å². The van der Waals surface area contributed by atoms with Gasteiger partial charge in [-0.3, -0.25) is 4.79 Å². The van der Waals surface area contributed by atoms with Gasteiger partial charge in [-0.05, 0) is 0 Å². The number of aliphatic hydroxyl groups excluding tert-OH is 1. The molecule has 1 rings (SSSR count). The van der Waals surface area contributed by atoms with Crippen LogP contribution < -0.4 is 0 Å². The van der Waals surface area contributed by atoms with E-state index in [1.165, 1.54) is 4.90 Å². The number of carboxylic acids is 1. The second-order valence-electron chi connectivity index (χ2n) is 2.57. The largest absolute Gasteiger partial charge is 0.478 e. The first-order chi connectivity index (χ1) is 5.59. The van der Waals surface area contributed by atoms with Crippen molar-refractivity contribution in [1.82, 2.24) is 4.90 Å². The summed E-state index contributed by atoms with van der Waals surface area (Å²) in [4.78, 5) is 22.3. The molecule has 2 N–H and O–H groups in total. The maximum atomic E-state index is 10.9. The molecule has 5 nitrogen and oxygen atoms in total. The van der Waals surface area contributed by atoms with Crippen LogP contribution in [0.3, 0.4) is 0 Å². The Balaban J connectivity index is 2.35. The Bertz CT molecular complexity index is 230. The molecule has 0 saturated carbocycles. The number of hydrogen-bond donors (Lipinski definition) is 2. The minimum Gasteiger partial charge on any atom is -0.478 e. The zero-order chi connectivity index (χ0) is 9.14. The van der Waals surface area contributed by atoms with Gasteiger partial charge in [0.2, 0.25) is 5.91 Å². The average Bonchev–Trinajstić information content (AvgIpc) is 1.94. The molecule has 0 unspecified atom stereocenters. The highest BCUT2D eigenvalue weighted by Crippen LogP contribution is 2.07. The van der Waals surface area contributed by atoms with Gasteiger partial charge in [0, 0.05) is 25.2 Å². The van der Waals surface area contributed by atoms with E-state index in [9.17, 15) is 9.59 Å². The molecule has 1 amide bonds. The quantitative estimate of drug-likeness (QED) is 0.513. The van der Waals surface area contributed by atoms with E-state index in [1.54, 1.807) is 0 Å². The monoisotopic (exact) mass is 171 g/mol. The molecule has 0 aromatic rings. The molecule has 0 radical (unpaired) electrons. The molecule has 1 saturated heterocycles. The Hall–Kier alpha value is -1.36. The fourth-order valence-corrected chi connectivity index (χ4v) is 0.883. The van der Waals surface area contributed by atoms with Gasteiger partial charge < -0.3 is 15.1 Å². The second kappa shape index (κ2) is 3.36. The number of carbonyl (C=O) groups excluding carboxylic acids is 1. The third-order valence-corrected chi connectivity index (χ3v) is 1.54. The minimum absolute atomic E-state index is 0.294. The Morgan fingerprint density at radius 3 is 2.33 bits per heavy atom. The van der Waals surface area contributed by atoms with Crippen molar-refractivity contribution >= 4 is 11.9 Å². The number of likely N-dealkylation sites (tertiary alicyclic amines) is 1. The first-order valence-corrected chi connectivity index (χ1v) is 3.47. The van der Waals surface area contributed by atoms with Crippen LogP contribution in [0.1, 0.15) is 0 Å². The standard InChI is InChI=1S/C7H9NO4/c9-5-3-8(4-5)6(10)1-2-7(11)12/h1-2,5,9H,3-4H2,(H,11,12)/b2-1+. The number of carbonyl (C=O) groups is 2. The summed E-state index contributed by atoms with van der Waals surface area (Å²) in [6.07, 6.45) is 1.31. The van der Waals surface area contributed by atoms with E-state index in [4.69, 9.17) is 10.2 Å². The molecule has 0 atom stereocenters. The summed E-state index contributed by atoms with van der Waals surface area (Å²) in [5.74, 6) is -1.52. The number of carboxylic acid groups (broad SMARTS) is 1. The molecule has 5 heteroatoms. The summed E-state index contributed by atoms with van der Waals surface area (Å²) in [7, 11) is 0. The SMILES string of the molecule is O=C(O)/C=C/C(=O)N1CC(O)C1. The van der Waals surface area contributed by atoms with Gasteiger partial charge in [0.1, 0.15) is 0 Å². The summed E-state index contributed by atoms with van der Waals surface area (Å²) in [5.41, 5.74) is 0. The number of amides is 1. The summed E-state index contributed by atoms with van der Waals surface area (Å²) < 4.78 is 0. The molecule has 12 heavy (non-hydrogen) atoms. The van der Waals surface area contributed by atoms with E-state index in [0.29, 0.717) is 13.1 Å². The van der Waals surface area contributed by atoms with Crippen molar-refractivity contribution in [1.29, 1.82) is 0 Å². The van der Waals surface area contributed by atoms with Gasteiger partial charge in [0.15, 0.2) is 0 Å². The van der Waals surface area contributed by atoms with Gasteiger partial charge in [-0.2, -0.15) is 0 Å². The van der Waals surface area contributed by atoms with Gasteiger partial charge in [-0.1, -0.05) is 0 Å². The second-order valence-corrected chi connectivity index (χ2v) is 2.57. The number of hydrogen-bond acceptors (Lipinski definition) is 3. The Morgan fingerprint density at radius 1 is 1.33 bits per heavy atom. The van der Waals surface area contributed by atoms with E-state index in [1.807, 2.05) is 0 Å². The van der Waals surface area contributed by atoms with E-state index in [-0.39, 0.29) is 5.91 Å². The van der Waals surface area contributed by atoms with E-state index < -0.39 is 12.1 Å². The van der Waals surface area contributed by atoms with Crippen LogP contribution in [-0.4, -0.2) is 46.2 Å². The van der Waals surface area contributed by atoms with Crippen molar-refractivity contribution < 1.29 is 19.8 Å². The number of nitrogens with zero attached hydrogens (tertiary/aromatic N) is 1. The van der Waals surface area contributed by atoms with Crippen molar-refractivity contribution in [3.05, 3.63) is 12.2 Å². The predicted octanol–water partition coefficient (Wildman–Crippen LogP) is -1.17. The lowest BCUT2D eigenvalue weighted by Crippen LogP contribution is -2.52. The Kier molecular flexibility index (Phi) is 2.44. The number of β-amino-alcohol motifs (C(OH)–C–C–N with tert-alkyl or cyclic N) is 1. The lowest BCUT2D eigenvalue weighted by molar-refractivity contribution is -0.136. The molecule has 1 fully saturated rings. The summed E-state index contributed by atoms with van der Waals surface area (Å²) in [5, 5.41) is 17.0. The maximum Gasteiger partial charge on any atom is 0.328 e. The first kappa shape index (κ1) is 8.73. The topological polar surface area (TPSA) is 77.8 Å². The van der Waals surface area contributed by atoms with Gasteiger partial charge in [-0.25, -0.2) is 4.79 Å². The van der Waals surface area contributed by atoms with Gasteiger partial charge in [-0.15, -0.1) is 0 Å². The first-order valence-electron chi connectivity index (χ1n) is 3.47. The molecule has 0 bridgehead atoms. The van der Waals surface area contributed by atoms with Crippen LogP contribution in [0.25, 0.3) is 0 Å². The summed E-state index contributed by atoms with van der Waals surface area (Å²) in [6.45, 7) is 0.589. The highest BCUT2D eigenvalue weighted by molar-refractivity contribution is 5.94. The van der Waals surface area contributed by atoms with Gasteiger partial charge in [0.05, 0.1) is 6.10 Å². The highest BCUT2D eigenvalue weighted by Gasteiger charge is 2.27. The molecule has 66 valence electrons. The minimum atomic E-state index is -1.15. The third kappa shape index (κ3) is 2.06. The lowest BCUT2D eigenvalue weighted by atomic mass is 10.1. The maximum absolute atomic E-state index is 10.9. The fourth-order valence-electron chi connectivity index (χ4n) is 0.883.